The Kier molecular flexibility index (Phi) is 3.19. The summed E-state index contributed by atoms with van der Waals surface area (Å²) in [5.74, 6) is 0. The molecule has 2 aromatic carbocycles. The molecule has 1 heteroatoms. The van der Waals surface area contributed by atoms with Crippen LogP contribution in [0.4, 0.5) is 0 Å². The van der Waals surface area contributed by atoms with Crippen molar-refractivity contribution in [3.63, 3.8) is 0 Å². The van der Waals surface area contributed by atoms with Crippen LogP contribution in [0.3, 0.4) is 0 Å². The Labute approximate surface area is 98.4 Å². The summed E-state index contributed by atoms with van der Waals surface area (Å²) in [7, 11) is 0. The molecule has 0 nitrogen and oxygen atoms in total. The van der Waals surface area contributed by atoms with Crippen molar-refractivity contribution in [3.05, 3.63) is 41.0 Å². The second kappa shape index (κ2) is 3.84. The van der Waals surface area contributed by atoms with E-state index in [1.54, 1.807) is 0 Å². The standard InChI is InChI=1S/C12H13.Zr/c1-8-6-11-9(2)4-5-10(3)12(11)7-8;/h4-7H,1-3H3;/q-1;. The van der Waals surface area contributed by atoms with Crippen LogP contribution >= 0.6 is 0 Å². The van der Waals surface area contributed by atoms with Gasteiger partial charge in [-0.1, -0.05) is 25.5 Å². The summed E-state index contributed by atoms with van der Waals surface area (Å²) in [5, 5.41) is 2.82. The average Bonchev–Trinajstić information content (AvgIpc) is 2.41. The molecule has 0 radical (unpaired) electrons. The molecule has 0 saturated heterocycles. The van der Waals surface area contributed by atoms with Gasteiger partial charge in [-0.05, 0) is 6.92 Å². The zero-order valence-electron chi connectivity index (χ0n) is 8.31. The van der Waals surface area contributed by atoms with Crippen LogP contribution in [0.2, 0.25) is 0 Å². The Bertz CT molecular complexity index is 385. The first-order valence-electron chi connectivity index (χ1n) is 4.32. The summed E-state index contributed by atoms with van der Waals surface area (Å²) in [6, 6.07) is 8.91. The number of aryl methyl sites for hydroxylation is 3. The fraction of sp³-hybridized carbons (Fsp3) is 0.250. The monoisotopic (exact) mass is 247 g/mol. The Morgan fingerprint density at radius 1 is 1.00 bits per heavy atom. The predicted molar refractivity (Wildman–Crippen MR) is 53.8 cm³/mol. The van der Waals surface area contributed by atoms with Crippen LogP contribution in [0.5, 0.6) is 0 Å². The van der Waals surface area contributed by atoms with E-state index in [0.29, 0.717) is 0 Å². The summed E-state index contributed by atoms with van der Waals surface area (Å²) in [6.07, 6.45) is 0. The van der Waals surface area contributed by atoms with Gasteiger partial charge in [-0.3, -0.25) is 0 Å². The first-order valence-corrected chi connectivity index (χ1v) is 4.32. The minimum absolute atomic E-state index is 0. The van der Waals surface area contributed by atoms with Crippen molar-refractivity contribution in [2.24, 2.45) is 0 Å². The molecule has 0 aromatic heterocycles. The summed E-state index contributed by atoms with van der Waals surface area (Å²) in [4.78, 5) is 0. The van der Waals surface area contributed by atoms with Crippen LogP contribution in [0, 0.1) is 20.8 Å². The van der Waals surface area contributed by atoms with E-state index in [1.165, 1.54) is 27.5 Å². The third kappa shape index (κ3) is 1.81. The van der Waals surface area contributed by atoms with Gasteiger partial charge in [-0.15, -0.1) is 34.0 Å². The van der Waals surface area contributed by atoms with Crippen molar-refractivity contribution in [1.82, 2.24) is 0 Å². The second-order valence-electron chi connectivity index (χ2n) is 3.56. The van der Waals surface area contributed by atoms with Crippen LogP contribution in [0.1, 0.15) is 16.7 Å². The fourth-order valence-electron chi connectivity index (χ4n) is 1.73. The van der Waals surface area contributed by atoms with Crippen molar-refractivity contribution in [2.75, 3.05) is 0 Å². The van der Waals surface area contributed by atoms with Crippen molar-refractivity contribution in [2.45, 2.75) is 20.8 Å². The normalized spacial score (nSPS) is 10.1. The van der Waals surface area contributed by atoms with Crippen molar-refractivity contribution < 1.29 is 26.2 Å². The minimum Gasteiger partial charge on any atom is -0.165 e. The number of benzene rings is 1. The van der Waals surface area contributed by atoms with Gasteiger partial charge in [0.25, 0.3) is 0 Å². The average molecular weight is 248 g/mol. The third-order valence-electron chi connectivity index (χ3n) is 2.47. The molecule has 0 amide bonds. The van der Waals surface area contributed by atoms with Gasteiger partial charge < -0.3 is 0 Å². The fourth-order valence-corrected chi connectivity index (χ4v) is 1.73. The molecule has 0 aliphatic heterocycles. The minimum atomic E-state index is 0. The maximum Gasteiger partial charge on any atom is 0 e. The number of hydrogen-bond acceptors (Lipinski definition) is 0. The van der Waals surface area contributed by atoms with Gasteiger partial charge >= 0.3 is 0 Å². The van der Waals surface area contributed by atoms with Crippen LogP contribution in [-0.4, -0.2) is 0 Å². The van der Waals surface area contributed by atoms with E-state index < -0.39 is 0 Å². The van der Waals surface area contributed by atoms with E-state index in [4.69, 9.17) is 0 Å². The zero-order chi connectivity index (χ0) is 8.72. The van der Waals surface area contributed by atoms with Gasteiger partial charge in [0.2, 0.25) is 0 Å². The van der Waals surface area contributed by atoms with Gasteiger partial charge in [0.15, 0.2) is 0 Å². The molecule has 66 valence electrons. The Morgan fingerprint density at radius 3 is 2.23 bits per heavy atom. The molecule has 0 N–H and O–H groups in total. The van der Waals surface area contributed by atoms with Gasteiger partial charge in [-0.2, -0.15) is 6.07 Å². The first-order chi connectivity index (χ1) is 5.68. The van der Waals surface area contributed by atoms with Crippen LogP contribution < -0.4 is 0 Å². The molecule has 0 unspecified atom stereocenters. The van der Waals surface area contributed by atoms with Crippen LogP contribution in [-0.2, 0) is 26.2 Å². The third-order valence-corrected chi connectivity index (χ3v) is 2.47. The van der Waals surface area contributed by atoms with Crippen molar-refractivity contribution in [1.29, 1.82) is 0 Å². The zero-order valence-corrected chi connectivity index (χ0v) is 10.8. The SMILES string of the molecule is Cc1cc2c(C)ccc(C)c2[cH-]1.[Zr]. The number of rotatable bonds is 0. The molecule has 0 bridgehead atoms. The van der Waals surface area contributed by atoms with Gasteiger partial charge in [0, 0.05) is 26.2 Å². The predicted octanol–water partition coefficient (Wildman–Crippen LogP) is 3.48. The molecule has 0 saturated carbocycles. The maximum absolute atomic E-state index is 2.26. The summed E-state index contributed by atoms with van der Waals surface area (Å²) < 4.78 is 0. The van der Waals surface area contributed by atoms with Crippen LogP contribution in [0.15, 0.2) is 24.3 Å². The molecule has 2 aromatic rings. The molecular weight excluding hydrogens is 235 g/mol. The van der Waals surface area contributed by atoms with Gasteiger partial charge in [-0.25, -0.2) is 0 Å². The van der Waals surface area contributed by atoms with E-state index in [0.717, 1.165) is 0 Å². The number of hydrogen-bond donors (Lipinski definition) is 0. The molecule has 2 rings (SSSR count). The van der Waals surface area contributed by atoms with E-state index >= 15 is 0 Å². The Hall–Kier alpha value is -0.287. The molecule has 13 heavy (non-hydrogen) atoms. The maximum atomic E-state index is 2.26. The molecule has 0 aliphatic rings. The van der Waals surface area contributed by atoms with Gasteiger partial charge in [0.05, 0.1) is 0 Å². The molecular formula is C12H13Zr-. The first kappa shape index (κ1) is 10.8. The van der Waals surface area contributed by atoms with Crippen LogP contribution in [0.25, 0.3) is 10.8 Å². The number of fused-ring (bicyclic) bond motifs is 1. The molecule has 0 heterocycles. The Morgan fingerprint density at radius 2 is 1.62 bits per heavy atom. The van der Waals surface area contributed by atoms with E-state index in [-0.39, 0.29) is 26.2 Å². The van der Waals surface area contributed by atoms with E-state index in [1.807, 2.05) is 0 Å². The summed E-state index contributed by atoms with van der Waals surface area (Å²) in [5.41, 5.74) is 4.12. The topological polar surface area (TPSA) is 0 Å². The molecule has 0 aliphatic carbocycles. The quantitative estimate of drug-likeness (QED) is 0.626. The van der Waals surface area contributed by atoms with Gasteiger partial charge in [0.1, 0.15) is 0 Å². The Balaban J connectivity index is 0.000000845. The summed E-state index contributed by atoms with van der Waals surface area (Å²) >= 11 is 0. The molecule has 0 atom stereocenters. The smallest absolute Gasteiger partial charge is 0 e. The van der Waals surface area contributed by atoms with E-state index in [2.05, 4.69) is 45.0 Å². The largest absolute Gasteiger partial charge is 0.165 e. The molecule has 0 spiro atoms. The second-order valence-corrected chi connectivity index (χ2v) is 3.56. The van der Waals surface area contributed by atoms with Crippen molar-refractivity contribution in [3.8, 4) is 0 Å². The van der Waals surface area contributed by atoms with E-state index in [9.17, 15) is 0 Å². The van der Waals surface area contributed by atoms with Crippen molar-refractivity contribution >= 4 is 10.8 Å². The summed E-state index contributed by atoms with van der Waals surface area (Å²) in [6.45, 7) is 6.49. The molecule has 0 fully saturated rings.